The molecular formula is C26H31N3O2S. The van der Waals surface area contributed by atoms with Crippen LogP contribution in [-0.2, 0) is 22.4 Å². The summed E-state index contributed by atoms with van der Waals surface area (Å²) in [6.45, 7) is 3.72. The van der Waals surface area contributed by atoms with Gasteiger partial charge in [-0.25, -0.2) is 4.98 Å². The SMILES string of the molecule is CCCC(=O)Nc1nc2ccc(CCC(=O)N3CCC(Cc4ccccc4)CC3)cc2s1. The Morgan fingerprint density at radius 3 is 2.59 bits per heavy atom. The lowest BCUT2D eigenvalue weighted by Crippen LogP contribution is -2.39. The third kappa shape index (κ3) is 5.94. The predicted octanol–water partition coefficient (Wildman–Crippen LogP) is 5.45. The molecule has 168 valence electrons. The number of nitrogens with one attached hydrogen (secondary N) is 1. The second-order valence-electron chi connectivity index (χ2n) is 8.63. The zero-order valence-electron chi connectivity index (χ0n) is 18.7. The monoisotopic (exact) mass is 449 g/mol. The first-order chi connectivity index (χ1) is 15.6. The van der Waals surface area contributed by atoms with Crippen molar-refractivity contribution in [3.8, 4) is 0 Å². The molecule has 2 amide bonds. The fraction of sp³-hybridized carbons (Fsp3) is 0.423. The number of benzene rings is 2. The van der Waals surface area contributed by atoms with E-state index < -0.39 is 0 Å². The number of rotatable bonds is 8. The van der Waals surface area contributed by atoms with E-state index in [0.717, 1.165) is 61.0 Å². The number of likely N-dealkylation sites (tertiary alicyclic amines) is 1. The van der Waals surface area contributed by atoms with Gasteiger partial charge in [0.2, 0.25) is 11.8 Å². The summed E-state index contributed by atoms with van der Waals surface area (Å²) in [5.74, 6) is 0.923. The number of aryl methyl sites for hydroxylation is 1. The average Bonchev–Trinajstić information content (AvgIpc) is 3.20. The van der Waals surface area contributed by atoms with Crippen LogP contribution in [-0.4, -0.2) is 34.8 Å². The van der Waals surface area contributed by atoms with Crippen LogP contribution in [0.4, 0.5) is 5.13 Å². The van der Waals surface area contributed by atoms with Gasteiger partial charge in [-0.3, -0.25) is 9.59 Å². The summed E-state index contributed by atoms with van der Waals surface area (Å²) >= 11 is 1.49. The molecule has 1 saturated heterocycles. The van der Waals surface area contributed by atoms with Gasteiger partial charge >= 0.3 is 0 Å². The molecule has 0 unspecified atom stereocenters. The number of hydrogen-bond donors (Lipinski definition) is 1. The van der Waals surface area contributed by atoms with Gasteiger partial charge in [0, 0.05) is 25.9 Å². The molecule has 0 atom stereocenters. The normalized spacial score (nSPS) is 14.6. The Bertz CT molecular complexity index is 1060. The summed E-state index contributed by atoms with van der Waals surface area (Å²) in [6.07, 6.45) is 5.87. The van der Waals surface area contributed by atoms with Crippen LogP contribution in [0.15, 0.2) is 48.5 Å². The van der Waals surface area contributed by atoms with Crippen LogP contribution in [0.2, 0.25) is 0 Å². The van der Waals surface area contributed by atoms with Crippen LogP contribution in [0.25, 0.3) is 10.2 Å². The van der Waals surface area contributed by atoms with Crippen LogP contribution in [0, 0.1) is 5.92 Å². The molecular weight excluding hydrogens is 418 g/mol. The number of nitrogens with zero attached hydrogens (tertiary/aromatic N) is 2. The zero-order valence-corrected chi connectivity index (χ0v) is 19.5. The van der Waals surface area contributed by atoms with Crippen LogP contribution in [0.5, 0.6) is 0 Å². The van der Waals surface area contributed by atoms with E-state index in [1.807, 2.05) is 24.0 Å². The van der Waals surface area contributed by atoms with E-state index in [1.54, 1.807) is 0 Å². The summed E-state index contributed by atoms with van der Waals surface area (Å²) in [7, 11) is 0. The molecule has 1 N–H and O–H groups in total. The Morgan fingerprint density at radius 1 is 1.06 bits per heavy atom. The number of carbonyl (C=O) groups excluding carboxylic acids is 2. The molecule has 1 aromatic heterocycles. The third-order valence-corrected chi connectivity index (χ3v) is 7.07. The smallest absolute Gasteiger partial charge is 0.226 e. The van der Waals surface area contributed by atoms with Gasteiger partial charge in [-0.1, -0.05) is 54.7 Å². The first-order valence-electron chi connectivity index (χ1n) is 11.6. The molecule has 1 fully saturated rings. The van der Waals surface area contributed by atoms with Crippen molar-refractivity contribution in [2.75, 3.05) is 18.4 Å². The van der Waals surface area contributed by atoms with Crippen molar-refractivity contribution >= 4 is 38.5 Å². The van der Waals surface area contributed by atoms with Gasteiger partial charge in [-0.2, -0.15) is 0 Å². The standard InChI is InChI=1S/C26H31N3O2S/c1-2-6-24(30)28-26-27-22-11-9-20(18-23(22)32-26)10-12-25(31)29-15-13-21(14-16-29)17-19-7-4-3-5-8-19/h3-5,7-9,11,18,21H,2,6,10,12-17H2,1H3,(H,27,28,30). The van der Waals surface area contributed by atoms with Gasteiger partial charge in [0.25, 0.3) is 0 Å². The number of aromatic nitrogens is 1. The van der Waals surface area contributed by atoms with Crippen LogP contribution in [0.3, 0.4) is 0 Å². The molecule has 3 aromatic rings. The minimum absolute atomic E-state index is 0.00455. The number of fused-ring (bicyclic) bond motifs is 1. The molecule has 0 radical (unpaired) electrons. The lowest BCUT2D eigenvalue weighted by Gasteiger charge is -2.32. The number of carbonyl (C=O) groups is 2. The molecule has 0 saturated carbocycles. The number of anilines is 1. The van der Waals surface area contributed by atoms with Gasteiger partial charge in [-0.05, 0) is 61.3 Å². The minimum atomic E-state index is 0.00455. The first-order valence-corrected chi connectivity index (χ1v) is 12.4. The number of piperidine rings is 1. The van der Waals surface area contributed by atoms with Crippen LogP contribution >= 0.6 is 11.3 Å². The van der Waals surface area contributed by atoms with Crippen LogP contribution in [0.1, 0.15) is 50.2 Å². The van der Waals surface area contributed by atoms with Gasteiger partial charge in [0.1, 0.15) is 0 Å². The molecule has 2 aromatic carbocycles. The van der Waals surface area contributed by atoms with Gasteiger partial charge in [0.15, 0.2) is 5.13 Å². The average molecular weight is 450 g/mol. The van der Waals surface area contributed by atoms with E-state index in [0.29, 0.717) is 23.9 Å². The maximum atomic E-state index is 12.8. The third-order valence-electron chi connectivity index (χ3n) is 6.14. The molecule has 1 aliphatic heterocycles. The highest BCUT2D eigenvalue weighted by Gasteiger charge is 2.22. The first kappa shape index (κ1) is 22.5. The lowest BCUT2D eigenvalue weighted by atomic mass is 9.90. The Morgan fingerprint density at radius 2 is 1.84 bits per heavy atom. The summed E-state index contributed by atoms with van der Waals surface area (Å²) in [4.78, 5) is 31.1. The molecule has 4 rings (SSSR count). The maximum Gasteiger partial charge on any atom is 0.226 e. The molecule has 0 bridgehead atoms. The summed E-state index contributed by atoms with van der Waals surface area (Å²) in [6, 6.07) is 16.8. The highest BCUT2D eigenvalue weighted by Crippen LogP contribution is 2.28. The molecule has 2 heterocycles. The Kier molecular flexibility index (Phi) is 7.53. The fourth-order valence-corrected chi connectivity index (χ4v) is 5.28. The maximum absolute atomic E-state index is 12.8. The van der Waals surface area contributed by atoms with E-state index in [4.69, 9.17) is 0 Å². The fourth-order valence-electron chi connectivity index (χ4n) is 4.33. The highest BCUT2D eigenvalue weighted by atomic mass is 32.1. The van der Waals surface area contributed by atoms with Crippen molar-refractivity contribution in [1.82, 2.24) is 9.88 Å². The van der Waals surface area contributed by atoms with Crippen LogP contribution < -0.4 is 5.32 Å². The summed E-state index contributed by atoms with van der Waals surface area (Å²) in [5.41, 5.74) is 3.42. The van der Waals surface area contributed by atoms with E-state index in [1.165, 1.54) is 16.9 Å². The molecule has 0 spiro atoms. The Labute approximate surface area is 193 Å². The van der Waals surface area contributed by atoms with Crippen molar-refractivity contribution in [3.05, 3.63) is 59.7 Å². The Hall–Kier alpha value is -2.73. The number of thiazole rings is 1. The summed E-state index contributed by atoms with van der Waals surface area (Å²) < 4.78 is 1.04. The Balaban J connectivity index is 1.26. The molecule has 1 aliphatic rings. The largest absolute Gasteiger partial charge is 0.343 e. The molecule has 6 heteroatoms. The molecule has 0 aliphatic carbocycles. The molecule has 32 heavy (non-hydrogen) atoms. The van der Waals surface area contributed by atoms with Crippen molar-refractivity contribution in [2.45, 2.75) is 51.9 Å². The van der Waals surface area contributed by atoms with Crippen molar-refractivity contribution in [2.24, 2.45) is 5.92 Å². The second-order valence-corrected chi connectivity index (χ2v) is 9.66. The number of hydrogen-bond acceptors (Lipinski definition) is 4. The van der Waals surface area contributed by atoms with Gasteiger partial charge in [0.05, 0.1) is 10.2 Å². The topological polar surface area (TPSA) is 62.3 Å². The van der Waals surface area contributed by atoms with E-state index >= 15 is 0 Å². The molecule has 5 nitrogen and oxygen atoms in total. The number of amides is 2. The summed E-state index contributed by atoms with van der Waals surface area (Å²) in [5, 5.41) is 3.51. The van der Waals surface area contributed by atoms with Gasteiger partial charge < -0.3 is 10.2 Å². The van der Waals surface area contributed by atoms with Crippen molar-refractivity contribution in [3.63, 3.8) is 0 Å². The lowest BCUT2D eigenvalue weighted by molar-refractivity contribution is -0.132. The van der Waals surface area contributed by atoms with Gasteiger partial charge in [-0.15, -0.1) is 0 Å². The quantitative estimate of drug-likeness (QED) is 0.497. The predicted molar refractivity (Wildman–Crippen MR) is 131 cm³/mol. The zero-order chi connectivity index (χ0) is 22.3. The second kappa shape index (κ2) is 10.7. The van der Waals surface area contributed by atoms with Crippen molar-refractivity contribution < 1.29 is 9.59 Å². The van der Waals surface area contributed by atoms with E-state index in [2.05, 4.69) is 46.7 Å². The van der Waals surface area contributed by atoms with E-state index in [9.17, 15) is 9.59 Å². The minimum Gasteiger partial charge on any atom is -0.343 e. The highest BCUT2D eigenvalue weighted by molar-refractivity contribution is 7.22. The van der Waals surface area contributed by atoms with Crippen molar-refractivity contribution in [1.29, 1.82) is 0 Å². The van der Waals surface area contributed by atoms with E-state index in [-0.39, 0.29) is 11.8 Å².